The van der Waals surface area contributed by atoms with Gasteiger partial charge in [-0.25, -0.2) is 4.39 Å². The van der Waals surface area contributed by atoms with Crippen LogP contribution in [-0.2, 0) is 4.79 Å². The van der Waals surface area contributed by atoms with Gasteiger partial charge in [-0.2, -0.15) is 0 Å². The summed E-state index contributed by atoms with van der Waals surface area (Å²) in [6, 6.07) is 3.70. The molecule has 0 aliphatic carbocycles. The van der Waals surface area contributed by atoms with Crippen molar-refractivity contribution in [2.45, 2.75) is 31.9 Å². The van der Waals surface area contributed by atoms with Crippen molar-refractivity contribution in [1.82, 2.24) is 4.90 Å². The molecule has 4 N–H and O–H groups in total. The van der Waals surface area contributed by atoms with Crippen LogP contribution >= 0.6 is 0 Å². The number of rotatable bonds is 3. The quantitative estimate of drug-likeness (QED) is 0.727. The number of nitrogens with one attached hydrogen (secondary N) is 1. The van der Waals surface area contributed by atoms with Gasteiger partial charge in [-0.05, 0) is 38.0 Å². The van der Waals surface area contributed by atoms with Crippen LogP contribution in [0.3, 0.4) is 0 Å². The number of aliphatic hydroxyl groups excluding tert-OH is 1. The van der Waals surface area contributed by atoms with E-state index in [1.807, 2.05) is 4.90 Å². The van der Waals surface area contributed by atoms with E-state index < -0.39 is 5.82 Å². The summed E-state index contributed by atoms with van der Waals surface area (Å²) >= 11 is 0. The summed E-state index contributed by atoms with van der Waals surface area (Å²) in [6.45, 7) is 3.10. The van der Waals surface area contributed by atoms with Gasteiger partial charge in [0, 0.05) is 18.8 Å². The van der Waals surface area contributed by atoms with Crippen molar-refractivity contribution in [2.75, 3.05) is 24.1 Å². The molecule has 110 valence electrons. The number of anilines is 2. The van der Waals surface area contributed by atoms with Crippen LogP contribution < -0.4 is 11.1 Å². The van der Waals surface area contributed by atoms with E-state index in [0.29, 0.717) is 31.6 Å². The van der Waals surface area contributed by atoms with Gasteiger partial charge in [0.25, 0.3) is 0 Å². The van der Waals surface area contributed by atoms with Gasteiger partial charge < -0.3 is 16.2 Å². The van der Waals surface area contributed by atoms with E-state index in [9.17, 15) is 14.3 Å². The van der Waals surface area contributed by atoms with Crippen LogP contribution in [0.15, 0.2) is 18.2 Å². The third-order valence-electron chi connectivity index (χ3n) is 3.67. The summed E-state index contributed by atoms with van der Waals surface area (Å²) in [5, 5.41) is 12.0. The van der Waals surface area contributed by atoms with Gasteiger partial charge in [-0.15, -0.1) is 0 Å². The van der Waals surface area contributed by atoms with Crippen LogP contribution in [0.25, 0.3) is 0 Å². The lowest BCUT2D eigenvalue weighted by atomic mass is 10.1. The molecule has 6 heteroatoms. The van der Waals surface area contributed by atoms with Crippen LogP contribution in [0.4, 0.5) is 15.8 Å². The summed E-state index contributed by atoms with van der Waals surface area (Å²) in [6.07, 6.45) is 1.03. The zero-order valence-electron chi connectivity index (χ0n) is 11.5. The van der Waals surface area contributed by atoms with Crippen LogP contribution in [0, 0.1) is 5.82 Å². The topological polar surface area (TPSA) is 78.6 Å². The number of nitrogen functional groups attached to an aromatic ring is 1. The average Bonchev–Trinajstić information content (AvgIpc) is 2.43. The standard InChI is InChI=1S/C14H20FN3O2/c1-9(18-6-4-11(19)5-7-18)14(20)17-13-8-10(16)2-3-12(13)15/h2-3,8-9,11,19H,4-7,16H2,1H3,(H,17,20). The monoisotopic (exact) mass is 281 g/mol. The Morgan fingerprint density at radius 2 is 2.15 bits per heavy atom. The molecule has 0 radical (unpaired) electrons. The zero-order chi connectivity index (χ0) is 14.7. The second-order valence-electron chi connectivity index (χ2n) is 5.17. The number of piperidine rings is 1. The maximum atomic E-state index is 13.6. The Bertz CT molecular complexity index is 487. The predicted molar refractivity (Wildman–Crippen MR) is 75.7 cm³/mol. The number of hydrogen-bond acceptors (Lipinski definition) is 4. The molecular weight excluding hydrogens is 261 g/mol. The van der Waals surface area contributed by atoms with Crippen molar-refractivity contribution in [3.63, 3.8) is 0 Å². The number of amides is 1. The molecule has 0 saturated carbocycles. The fourth-order valence-corrected chi connectivity index (χ4v) is 2.31. The van der Waals surface area contributed by atoms with Gasteiger partial charge in [0.2, 0.25) is 5.91 Å². The van der Waals surface area contributed by atoms with Crippen molar-refractivity contribution in [1.29, 1.82) is 0 Å². The van der Waals surface area contributed by atoms with Crippen molar-refractivity contribution in [3.05, 3.63) is 24.0 Å². The first-order valence-electron chi connectivity index (χ1n) is 6.75. The Kier molecular flexibility index (Phi) is 4.57. The Labute approximate surface area is 117 Å². The van der Waals surface area contributed by atoms with E-state index in [4.69, 9.17) is 5.73 Å². The summed E-state index contributed by atoms with van der Waals surface area (Å²) in [7, 11) is 0. The number of aliphatic hydroxyl groups is 1. The molecule has 0 aromatic heterocycles. The highest BCUT2D eigenvalue weighted by Crippen LogP contribution is 2.19. The lowest BCUT2D eigenvalue weighted by Gasteiger charge is -2.33. The fraction of sp³-hybridized carbons (Fsp3) is 0.500. The molecule has 1 fully saturated rings. The number of carbonyl (C=O) groups excluding carboxylic acids is 1. The van der Waals surface area contributed by atoms with Gasteiger partial charge >= 0.3 is 0 Å². The Morgan fingerprint density at radius 3 is 2.80 bits per heavy atom. The molecule has 1 amide bonds. The first-order chi connectivity index (χ1) is 9.47. The average molecular weight is 281 g/mol. The molecule has 2 rings (SSSR count). The molecule has 5 nitrogen and oxygen atoms in total. The molecular formula is C14H20FN3O2. The largest absolute Gasteiger partial charge is 0.399 e. The number of halogens is 1. The highest BCUT2D eigenvalue weighted by Gasteiger charge is 2.26. The van der Waals surface area contributed by atoms with E-state index >= 15 is 0 Å². The van der Waals surface area contributed by atoms with Crippen molar-refractivity contribution in [3.8, 4) is 0 Å². The fourth-order valence-electron chi connectivity index (χ4n) is 2.31. The molecule has 1 aromatic carbocycles. The van der Waals surface area contributed by atoms with E-state index in [1.54, 1.807) is 6.92 Å². The number of nitrogens with zero attached hydrogens (tertiary/aromatic N) is 1. The van der Waals surface area contributed by atoms with Gasteiger partial charge in [-0.1, -0.05) is 0 Å². The molecule has 1 unspecified atom stereocenters. The predicted octanol–water partition coefficient (Wildman–Crippen LogP) is 1.19. The van der Waals surface area contributed by atoms with Crippen molar-refractivity contribution < 1.29 is 14.3 Å². The third kappa shape index (κ3) is 3.46. The first kappa shape index (κ1) is 14.7. The number of benzene rings is 1. The van der Waals surface area contributed by atoms with Gasteiger partial charge in [-0.3, -0.25) is 9.69 Å². The Balaban J connectivity index is 1.99. The molecule has 1 heterocycles. The molecule has 1 saturated heterocycles. The third-order valence-corrected chi connectivity index (χ3v) is 3.67. The lowest BCUT2D eigenvalue weighted by Crippen LogP contribution is -2.47. The Hall–Kier alpha value is -1.66. The summed E-state index contributed by atoms with van der Waals surface area (Å²) < 4.78 is 13.6. The number of carbonyl (C=O) groups is 1. The van der Waals surface area contributed by atoms with E-state index in [0.717, 1.165) is 0 Å². The van der Waals surface area contributed by atoms with Crippen molar-refractivity contribution in [2.24, 2.45) is 0 Å². The van der Waals surface area contributed by atoms with Crippen LogP contribution in [0.1, 0.15) is 19.8 Å². The molecule has 1 aliphatic rings. The van der Waals surface area contributed by atoms with E-state index in [-0.39, 0.29) is 23.7 Å². The highest BCUT2D eigenvalue weighted by molar-refractivity contribution is 5.95. The van der Waals surface area contributed by atoms with Gasteiger partial charge in [0.05, 0.1) is 17.8 Å². The van der Waals surface area contributed by atoms with Crippen LogP contribution in [-0.4, -0.2) is 41.1 Å². The molecule has 0 spiro atoms. The molecule has 0 bridgehead atoms. The van der Waals surface area contributed by atoms with Crippen LogP contribution in [0.5, 0.6) is 0 Å². The number of hydrogen-bond donors (Lipinski definition) is 3. The summed E-state index contributed by atoms with van der Waals surface area (Å²) in [5.74, 6) is -0.778. The first-order valence-corrected chi connectivity index (χ1v) is 6.75. The minimum atomic E-state index is -0.506. The lowest BCUT2D eigenvalue weighted by molar-refractivity contribution is -0.121. The van der Waals surface area contributed by atoms with Crippen LogP contribution in [0.2, 0.25) is 0 Å². The second kappa shape index (κ2) is 6.19. The SMILES string of the molecule is CC(C(=O)Nc1cc(N)ccc1F)N1CCC(O)CC1. The molecule has 1 aromatic rings. The molecule has 1 aliphatic heterocycles. The maximum Gasteiger partial charge on any atom is 0.241 e. The minimum absolute atomic E-state index is 0.0962. The smallest absolute Gasteiger partial charge is 0.241 e. The highest BCUT2D eigenvalue weighted by atomic mass is 19.1. The van der Waals surface area contributed by atoms with Gasteiger partial charge in [0.15, 0.2) is 0 Å². The van der Waals surface area contributed by atoms with E-state index in [1.165, 1.54) is 18.2 Å². The van der Waals surface area contributed by atoms with Crippen molar-refractivity contribution >= 4 is 17.3 Å². The maximum absolute atomic E-state index is 13.6. The zero-order valence-corrected chi connectivity index (χ0v) is 11.5. The summed E-state index contributed by atoms with van der Waals surface area (Å²) in [5.41, 5.74) is 6.08. The molecule has 1 atom stereocenters. The minimum Gasteiger partial charge on any atom is -0.399 e. The van der Waals surface area contributed by atoms with Gasteiger partial charge in [0.1, 0.15) is 5.82 Å². The molecule has 20 heavy (non-hydrogen) atoms. The normalized spacial score (nSPS) is 18.8. The van der Waals surface area contributed by atoms with E-state index in [2.05, 4.69) is 5.32 Å². The number of nitrogens with two attached hydrogens (primary N) is 1. The number of likely N-dealkylation sites (tertiary alicyclic amines) is 1. The summed E-state index contributed by atoms with van der Waals surface area (Å²) in [4.78, 5) is 14.1. The Morgan fingerprint density at radius 1 is 1.50 bits per heavy atom. The second-order valence-corrected chi connectivity index (χ2v) is 5.17.